The predicted molar refractivity (Wildman–Crippen MR) is 64.2 cm³/mol. The van der Waals surface area contributed by atoms with Gasteiger partial charge in [0.05, 0.1) is 5.69 Å². The van der Waals surface area contributed by atoms with Crippen LogP contribution in [0.25, 0.3) is 5.65 Å². The second kappa shape index (κ2) is 3.34. The highest BCUT2D eigenvalue weighted by Crippen LogP contribution is 2.43. The van der Waals surface area contributed by atoms with Gasteiger partial charge in [0.15, 0.2) is 0 Å². The number of aromatic nitrogens is 2. The average Bonchev–Trinajstić information content (AvgIpc) is 3.04. The van der Waals surface area contributed by atoms with E-state index in [-0.39, 0.29) is 0 Å². The molecule has 0 saturated heterocycles. The summed E-state index contributed by atoms with van der Waals surface area (Å²) in [7, 11) is 0. The minimum Gasteiger partial charge on any atom is -0.294 e. The maximum absolute atomic E-state index is 4.76. The van der Waals surface area contributed by atoms with E-state index >= 15 is 0 Å². The summed E-state index contributed by atoms with van der Waals surface area (Å²) in [6.45, 7) is 2.18. The Bertz CT molecular complexity index is 512. The van der Waals surface area contributed by atoms with Crippen molar-refractivity contribution in [2.75, 3.05) is 0 Å². The Hall–Kier alpha value is -0.830. The van der Waals surface area contributed by atoms with Gasteiger partial charge in [0, 0.05) is 12.1 Å². The zero-order valence-electron chi connectivity index (χ0n) is 8.70. The number of halogens is 1. The van der Waals surface area contributed by atoms with Gasteiger partial charge < -0.3 is 0 Å². The number of nitrogens with zero attached hydrogens (tertiary/aromatic N) is 2. The third-order valence-corrected chi connectivity index (χ3v) is 3.83. The van der Waals surface area contributed by atoms with E-state index < -0.39 is 0 Å². The molecule has 15 heavy (non-hydrogen) atoms. The lowest BCUT2D eigenvalue weighted by atomic mass is 10.2. The second-order valence-corrected chi connectivity index (χ2v) is 4.89. The molecule has 0 unspecified atom stereocenters. The van der Waals surface area contributed by atoms with Crippen molar-refractivity contribution in [1.82, 2.24) is 9.38 Å². The summed E-state index contributed by atoms with van der Waals surface area (Å²) >= 11 is 3.66. The van der Waals surface area contributed by atoms with Crippen LogP contribution in [-0.2, 0) is 6.42 Å². The van der Waals surface area contributed by atoms with Gasteiger partial charge in [-0.2, -0.15) is 0 Å². The van der Waals surface area contributed by atoms with Gasteiger partial charge in [0.25, 0.3) is 0 Å². The first-order valence-electron chi connectivity index (χ1n) is 5.46. The number of aryl methyl sites for hydroxylation is 1. The van der Waals surface area contributed by atoms with Crippen molar-refractivity contribution in [2.24, 2.45) is 0 Å². The van der Waals surface area contributed by atoms with Crippen LogP contribution in [0, 0.1) is 0 Å². The predicted octanol–water partition coefficient (Wildman–Crippen LogP) is 3.54. The molecule has 0 aliphatic heterocycles. The lowest BCUT2D eigenvalue weighted by Gasteiger charge is -1.99. The molecule has 1 aliphatic carbocycles. The third-order valence-electron chi connectivity index (χ3n) is 3.04. The van der Waals surface area contributed by atoms with E-state index in [1.54, 1.807) is 0 Å². The van der Waals surface area contributed by atoms with Gasteiger partial charge in [-0.15, -0.1) is 0 Å². The highest BCUT2D eigenvalue weighted by atomic mass is 79.9. The van der Waals surface area contributed by atoms with Crippen LogP contribution in [0.1, 0.15) is 36.9 Å². The van der Waals surface area contributed by atoms with E-state index in [0.29, 0.717) is 5.92 Å². The Labute approximate surface area is 97.5 Å². The molecule has 1 aliphatic rings. The van der Waals surface area contributed by atoms with Crippen LogP contribution < -0.4 is 0 Å². The maximum Gasteiger partial charge on any atom is 0.141 e. The normalized spacial score (nSPS) is 16.1. The summed E-state index contributed by atoms with van der Waals surface area (Å²) in [5, 5.41) is 0. The number of imidazole rings is 1. The summed E-state index contributed by atoms with van der Waals surface area (Å²) < 4.78 is 3.31. The van der Waals surface area contributed by atoms with Crippen molar-refractivity contribution in [1.29, 1.82) is 0 Å². The highest BCUT2D eigenvalue weighted by molar-refractivity contribution is 9.10. The standard InChI is InChI=1S/C12H13BrN2/c1-2-8-4-3-7-15-11(13)10(9-5-6-9)14-12(8)15/h3-4,7,9H,2,5-6H2,1H3. The highest BCUT2D eigenvalue weighted by Gasteiger charge is 2.29. The van der Waals surface area contributed by atoms with Crippen LogP contribution in [0.15, 0.2) is 22.9 Å². The van der Waals surface area contributed by atoms with E-state index in [1.807, 2.05) is 0 Å². The third kappa shape index (κ3) is 1.41. The van der Waals surface area contributed by atoms with Crippen LogP contribution in [0.5, 0.6) is 0 Å². The zero-order valence-corrected chi connectivity index (χ0v) is 10.3. The van der Waals surface area contributed by atoms with Gasteiger partial charge in [-0.25, -0.2) is 4.98 Å². The molecule has 1 saturated carbocycles. The fourth-order valence-corrected chi connectivity index (χ4v) is 2.70. The molecule has 2 heterocycles. The summed E-state index contributed by atoms with van der Waals surface area (Å²) in [5.74, 6) is 0.698. The average molecular weight is 265 g/mol. The molecule has 0 amide bonds. The molecule has 3 rings (SSSR count). The minimum atomic E-state index is 0.698. The van der Waals surface area contributed by atoms with Crippen LogP contribution in [-0.4, -0.2) is 9.38 Å². The molecule has 2 nitrogen and oxygen atoms in total. The molecule has 3 heteroatoms. The number of hydrogen-bond acceptors (Lipinski definition) is 1. The molecule has 2 aromatic rings. The fraction of sp³-hybridized carbons (Fsp3) is 0.417. The van der Waals surface area contributed by atoms with Crippen molar-refractivity contribution in [3.63, 3.8) is 0 Å². The number of rotatable bonds is 2. The molecule has 0 atom stereocenters. The van der Waals surface area contributed by atoms with Gasteiger partial charge in [-0.3, -0.25) is 4.40 Å². The minimum absolute atomic E-state index is 0.698. The smallest absolute Gasteiger partial charge is 0.141 e. The van der Waals surface area contributed by atoms with Gasteiger partial charge >= 0.3 is 0 Å². The molecule has 78 valence electrons. The van der Waals surface area contributed by atoms with Crippen molar-refractivity contribution in [3.05, 3.63) is 34.2 Å². The maximum atomic E-state index is 4.76. The van der Waals surface area contributed by atoms with Crippen molar-refractivity contribution in [3.8, 4) is 0 Å². The first-order valence-corrected chi connectivity index (χ1v) is 6.26. The SMILES string of the molecule is CCc1cccn2c(Br)c(C3CC3)nc12. The van der Waals surface area contributed by atoms with Crippen LogP contribution in [0.3, 0.4) is 0 Å². The van der Waals surface area contributed by atoms with Gasteiger partial charge in [-0.1, -0.05) is 13.0 Å². The first kappa shape index (κ1) is 9.40. The van der Waals surface area contributed by atoms with E-state index in [0.717, 1.165) is 16.7 Å². The molecular formula is C12H13BrN2. The summed E-state index contributed by atoms with van der Waals surface area (Å²) in [5.41, 5.74) is 3.69. The fourth-order valence-electron chi connectivity index (χ4n) is 2.01. The van der Waals surface area contributed by atoms with Crippen LogP contribution >= 0.6 is 15.9 Å². The van der Waals surface area contributed by atoms with E-state index in [9.17, 15) is 0 Å². The summed E-state index contributed by atoms with van der Waals surface area (Å²) in [6, 6.07) is 4.25. The number of fused-ring (bicyclic) bond motifs is 1. The topological polar surface area (TPSA) is 17.3 Å². The largest absolute Gasteiger partial charge is 0.294 e. The Kier molecular flexibility index (Phi) is 2.09. The van der Waals surface area contributed by atoms with Crippen molar-refractivity contribution in [2.45, 2.75) is 32.1 Å². The molecule has 2 aromatic heterocycles. The molecule has 0 N–H and O–H groups in total. The summed E-state index contributed by atoms with van der Waals surface area (Å²) in [6.07, 6.45) is 5.71. The van der Waals surface area contributed by atoms with Crippen molar-refractivity contribution >= 4 is 21.6 Å². The van der Waals surface area contributed by atoms with Gasteiger partial charge in [0.2, 0.25) is 0 Å². The summed E-state index contributed by atoms with van der Waals surface area (Å²) in [4.78, 5) is 4.76. The molecule has 0 radical (unpaired) electrons. The van der Waals surface area contributed by atoms with Crippen LogP contribution in [0.2, 0.25) is 0 Å². The number of hydrogen-bond donors (Lipinski definition) is 0. The zero-order chi connectivity index (χ0) is 10.4. The van der Waals surface area contributed by atoms with Crippen molar-refractivity contribution < 1.29 is 0 Å². The Morgan fingerprint density at radius 1 is 1.53 bits per heavy atom. The van der Waals surface area contributed by atoms with Gasteiger partial charge in [0.1, 0.15) is 10.3 Å². The molecule has 0 spiro atoms. The molecule has 0 aromatic carbocycles. The number of pyridine rings is 1. The van der Waals surface area contributed by atoms with E-state index in [4.69, 9.17) is 4.98 Å². The van der Waals surface area contributed by atoms with E-state index in [1.165, 1.54) is 24.1 Å². The molecule has 0 bridgehead atoms. The quantitative estimate of drug-likeness (QED) is 0.811. The Morgan fingerprint density at radius 2 is 2.33 bits per heavy atom. The Morgan fingerprint density at radius 3 is 3.00 bits per heavy atom. The molecule has 1 fully saturated rings. The lowest BCUT2D eigenvalue weighted by molar-refractivity contribution is 1.04. The monoisotopic (exact) mass is 264 g/mol. The van der Waals surface area contributed by atoms with Gasteiger partial charge in [-0.05, 0) is 46.8 Å². The van der Waals surface area contributed by atoms with Crippen LogP contribution in [0.4, 0.5) is 0 Å². The molecular weight excluding hydrogens is 252 g/mol. The lowest BCUT2D eigenvalue weighted by Crippen LogP contribution is -1.89. The Balaban J connectivity index is 2.28. The second-order valence-electron chi connectivity index (χ2n) is 4.14. The van der Waals surface area contributed by atoms with E-state index in [2.05, 4.69) is 45.6 Å². The first-order chi connectivity index (χ1) is 7.31.